The Balaban J connectivity index is 3.22. The van der Waals surface area contributed by atoms with Crippen LogP contribution in [0.2, 0.25) is 0 Å². The van der Waals surface area contributed by atoms with Gasteiger partial charge in [-0.2, -0.15) is 0 Å². The van der Waals surface area contributed by atoms with Crippen LogP contribution in [0.5, 0.6) is 0 Å². The molecule has 0 fully saturated rings. The molecule has 0 spiro atoms. The normalized spacial score (nSPS) is 16.4. The summed E-state index contributed by atoms with van der Waals surface area (Å²) in [5.74, 6) is 1.89. The summed E-state index contributed by atoms with van der Waals surface area (Å²) in [7, 11) is 0. The van der Waals surface area contributed by atoms with Crippen molar-refractivity contribution in [2.24, 2.45) is 11.8 Å². The molecule has 0 bridgehead atoms. The van der Waals surface area contributed by atoms with Crippen molar-refractivity contribution in [3.63, 3.8) is 0 Å². The zero-order valence-corrected chi connectivity index (χ0v) is 8.69. The van der Waals surface area contributed by atoms with Gasteiger partial charge >= 0.3 is 0 Å². The van der Waals surface area contributed by atoms with Crippen LogP contribution in [0.1, 0.15) is 59.8 Å². The van der Waals surface area contributed by atoms with Crippen LogP contribution in [0, 0.1) is 11.8 Å². The van der Waals surface area contributed by atoms with Crippen LogP contribution < -0.4 is 0 Å². The topological polar surface area (TPSA) is 0 Å². The van der Waals surface area contributed by atoms with Gasteiger partial charge in [0.05, 0.1) is 0 Å². The summed E-state index contributed by atoms with van der Waals surface area (Å²) in [6.07, 6.45) is 6.97. The van der Waals surface area contributed by atoms with E-state index in [1.54, 1.807) is 0 Å². The maximum atomic E-state index is 2.38. The van der Waals surface area contributed by atoms with Gasteiger partial charge in [0.2, 0.25) is 0 Å². The highest BCUT2D eigenvalue weighted by atomic mass is 14.1. The van der Waals surface area contributed by atoms with E-state index in [9.17, 15) is 0 Å². The molecular formula is C11H24. The Hall–Kier alpha value is 0. The Morgan fingerprint density at radius 2 is 1.36 bits per heavy atom. The molecule has 2 atom stereocenters. The highest BCUT2D eigenvalue weighted by Crippen LogP contribution is 2.17. The Morgan fingerprint density at radius 1 is 0.818 bits per heavy atom. The van der Waals surface area contributed by atoms with Gasteiger partial charge in [0.25, 0.3) is 0 Å². The van der Waals surface area contributed by atoms with Gasteiger partial charge in [-0.25, -0.2) is 0 Å². The van der Waals surface area contributed by atoms with Crippen molar-refractivity contribution >= 4 is 0 Å². The largest absolute Gasteiger partial charge is 0.0654 e. The summed E-state index contributed by atoms with van der Waals surface area (Å²) in [4.78, 5) is 0. The van der Waals surface area contributed by atoms with Crippen LogP contribution in [-0.4, -0.2) is 0 Å². The average Bonchev–Trinajstić information content (AvgIpc) is 2.01. The van der Waals surface area contributed by atoms with Crippen LogP contribution in [0.15, 0.2) is 0 Å². The second-order valence-corrected chi connectivity index (χ2v) is 3.98. The summed E-state index contributed by atoms with van der Waals surface area (Å²) < 4.78 is 0. The molecule has 0 amide bonds. The Morgan fingerprint density at radius 3 is 1.82 bits per heavy atom. The molecule has 11 heavy (non-hydrogen) atoms. The standard InChI is InChI=1S/C11H24/c1-5-7-11(4)9-8-10(3)6-2/h10-11H,5-9H2,1-4H3/t10-,11?/m1/s1. The van der Waals surface area contributed by atoms with E-state index >= 15 is 0 Å². The van der Waals surface area contributed by atoms with Gasteiger partial charge in [-0.1, -0.05) is 59.8 Å². The van der Waals surface area contributed by atoms with E-state index in [2.05, 4.69) is 27.7 Å². The first-order chi connectivity index (χ1) is 5.20. The second kappa shape index (κ2) is 6.69. The second-order valence-electron chi connectivity index (χ2n) is 3.98. The summed E-state index contributed by atoms with van der Waals surface area (Å²) >= 11 is 0. The summed E-state index contributed by atoms with van der Waals surface area (Å²) in [6.45, 7) is 9.31. The molecule has 0 aliphatic carbocycles. The molecule has 0 heterocycles. The molecule has 0 radical (unpaired) electrons. The lowest BCUT2D eigenvalue weighted by atomic mass is 9.94. The molecule has 0 saturated carbocycles. The number of hydrogen-bond donors (Lipinski definition) is 0. The smallest absolute Gasteiger partial charge is 0.0443 e. The minimum absolute atomic E-state index is 0.939. The first-order valence-electron chi connectivity index (χ1n) is 5.20. The fourth-order valence-electron chi connectivity index (χ4n) is 1.41. The van der Waals surface area contributed by atoms with Crippen molar-refractivity contribution in [2.45, 2.75) is 59.8 Å². The fourth-order valence-corrected chi connectivity index (χ4v) is 1.41. The molecule has 0 aromatic rings. The lowest BCUT2D eigenvalue weighted by Crippen LogP contribution is -1.98. The fraction of sp³-hybridized carbons (Fsp3) is 1.00. The number of rotatable bonds is 6. The molecular weight excluding hydrogens is 132 g/mol. The van der Waals surface area contributed by atoms with Crippen molar-refractivity contribution < 1.29 is 0 Å². The first kappa shape index (κ1) is 11.0. The molecule has 0 aliphatic rings. The first-order valence-corrected chi connectivity index (χ1v) is 5.20. The van der Waals surface area contributed by atoms with Crippen LogP contribution in [0.25, 0.3) is 0 Å². The summed E-state index contributed by atoms with van der Waals surface area (Å²) in [5.41, 5.74) is 0. The summed E-state index contributed by atoms with van der Waals surface area (Å²) in [6, 6.07) is 0. The van der Waals surface area contributed by atoms with Gasteiger partial charge in [-0.05, 0) is 11.8 Å². The van der Waals surface area contributed by atoms with E-state index in [0.29, 0.717) is 0 Å². The van der Waals surface area contributed by atoms with Crippen molar-refractivity contribution in [1.82, 2.24) is 0 Å². The molecule has 0 aromatic carbocycles. The minimum atomic E-state index is 0.939. The Labute approximate surface area is 72.4 Å². The predicted molar refractivity (Wildman–Crippen MR) is 52.8 cm³/mol. The van der Waals surface area contributed by atoms with E-state index in [4.69, 9.17) is 0 Å². The van der Waals surface area contributed by atoms with Gasteiger partial charge in [0, 0.05) is 0 Å². The maximum absolute atomic E-state index is 2.38. The van der Waals surface area contributed by atoms with Gasteiger partial charge < -0.3 is 0 Å². The van der Waals surface area contributed by atoms with E-state index in [1.165, 1.54) is 32.1 Å². The predicted octanol–water partition coefficient (Wildman–Crippen LogP) is 4.25. The highest BCUT2D eigenvalue weighted by Gasteiger charge is 2.03. The van der Waals surface area contributed by atoms with E-state index < -0.39 is 0 Å². The van der Waals surface area contributed by atoms with Crippen LogP contribution >= 0.6 is 0 Å². The molecule has 0 aliphatic heterocycles. The van der Waals surface area contributed by atoms with Gasteiger partial charge in [-0.3, -0.25) is 0 Å². The third-order valence-corrected chi connectivity index (χ3v) is 2.63. The van der Waals surface area contributed by atoms with Crippen LogP contribution in [-0.2, 0) is 0 Å². The zero-order chi connectivity index (χ0) is 8.69. The molecule has 68 valence electrons. The molecule has 0 aromatic heterocycles. The molecule has 0 nitrogen and oxygen atoms in total. The van der Waals surface area contributed by atoms with E-state index in [-0.39, 0.29) is 0 Å². The van der Waals surface area contributed by atoms with Crippen molar-refractivity contribution in [3.8, 4) is 0 Å². The Bertz CT molecular complexity index is 76.1. The van der Waals surface area contributed by atoms with Crippen LogP contribution in [0.4, 0.5) is 0 Å². The summed E-state index contributed by atoms with van der Waals surface area (Å²) in [5, 5.41) is 0. The SMILES string of the molecule is CCCC(C)CC[C@H](C)CC. The lowest BCUT2D eigenvalue weighted by Gasteiger charge is -2.12. The average molecular weight is 156 g/mol. The quantitative estimate of drug-likeness (QED) is 0.539. The monoisotopic (exact) mass is 156 g/mol. The van der Waals surface area contributed by atoms with E-state index in [0.717, 1.165) is 11.8 Å². The van der Waals surface area contributed by atoms with Gasteiger partial charge in [-0.15, -0.1) is 0 Å². The zero-order valence-electron chi connectivity index (χ0n) is 8.69. The molecule has 1 unspecified atom stereocenters. The van der Waals surface area contributed by atoms with Gasteiger partial charge in [0.15, 0.2) is 0 Å². The van der Waals surface area contributed by atoms with Crippen molar-refractivity contribution in [1.29, 1.82) is 0 Å². The number of hydrogen-bond acceptors (Lipinski definition) is 0. The Kier molecular flexibility index (Phi) is 6.69. The van der Waals surface area contributed by atoms with E-state index in [1.807, 2.05) is 0 Å². The van der Waals surface area contributed by atoms with Crippen LogP contribution in [0.3, 0.4) is 0 Å². The molecule has 0 N–H and O–H groups in total. The van der Waals surface area contributed by atoms with Crippen molar-refractivity contribution in [3.05, 3.63) is 0 Å². The minimum Gasteiger partial charge on any atom is -0.0654 e. The van der Waals surface area contributed by atoms with Gasteiger partial charge in [0.1, 0.15) is 0 Å². The maximum Gasteiger partial charge on any atom is -0.0443 e. The molecule has 0 rings (SSSR count). The molecule has 0 saturated heterocycles. The molecule has 0 heteroatoms. The van der Waals surface area contributed by atoms with Crippen molar-refractivity contribution in [2.75, 3.05) is 0 Å². The highest BCUT2D eigenvalue weighted by molar-refractivity contribution is 4.56. The third kappa shape index (κ3) is 6.40. The lowest BCUT2D eigenvalue weighted by molar-refractivity contribution is 0.404. The third-order valence-electron chi connectivity index (χ3n) is 2.63.